The van der Waals surface area contributed by atoms with Crippen LogP contribution in [-0.4, -0.2) is 11.6 Å². The monoisotopic (exact) mass is 239 g/mol. The smallest absolute Gasteiger partial charge is 0.291 e. The quantitative estimate of drug-likeness (QED) is 0.629. The molecule has 0 saturated carbocycles. The van der Waals surface area contributed by atoms with Crippen molar-refractivity contribution in [2.45, 2.75) is 6.92 Å². The molecule has 0 aliphatic carbocycles. The van der Waals surface area contributed by atoms with Gasteiger partial charge < -0.3 is 0 Å². The maximum Gasteiger partial charge on any atom is 0.438 e. The normalized spacial score (nSPS) is 10.4. The van der Waals surface area contributed by atoms with Crippen LogP contribution in [0.1, 0.15) is 16.1 Å². The highest BCUT2D eigenvalue weighted by atomic mass is 35.5. The molecule has 0 unspecified atom stereocenters. The highest BCUT2D eigenvalue weighted by molar-refractivity contribution is 6.30. The molecule has 6 heteroatoms. The molecule has 2 rings (SSSR count). The Morgan fingerprint density at radius 3 is 2.94 bits per heavy atom. The molecule has 1 heterocycles. The third kappa shape index (κ3) is 1.65. The zero-order valence-corrected chi connectivity index (χ0v) is 9.12. The van der Waals surface area contributed by atoms with Crippen LogP contribution in [0.25, 0.3) is 5.69 Å². The van der Waals surface area contributed by atoms with Crippen molar-refractivity contribution in [3.63, 3.8) is 0 Å². The lowest BCUT2D eigenvalue weighted by molar-refractivity contribution is -0.672. The molecule has 0 aliphatic rings. The first-order valence-corrected chi connectivity index (χ1v) is 4.86. The molecule has 0 aliphatic heterocycles. The Bertz CT molecular complexity index is 600. The third-order valence-electron chi connectivity index (χ3n) is 2.20. The standard InChI is InChI=1S/C10H7ClN2O3/c1-6-2-3-7(11)4-8(6)13-9(5-14)10(15)16-12-13/h2-5H,1H3/p+1. The van der Waals surface area contributed by atoms with Crippen molar-refractivity contribution < 1.29 is 14.0 Å². The number of aryl methyl sites for hydroxylation is 1. The molecule has 0 saturated heterocycles. The van der Waals surface area contributed by atoms with Crippen LogP contribution < -0.4 is 10.3 Å². The van der Waals surface area contributed by atoms with Crippen LogP contribution >= 0.6 is 11.6 Å². The lowest BCUT2D eigenvalue weighted by atomic mass is 10.2. The van der Waals surface area contributed by atoms with Gasteiger partial charge in [-0.25, -0.2) is 4.79 Å². The molecule has 82 valence electrons. The van der Waals surface area contributed by atoms with Crippen molar-refractivity contribution in [3.8, 4) is 5.69 Å². The molecule has 0 spiro atoms. The van der Waals surface area contributed by atoms with E-state index in [0.717, 1.165) is 5.56 Å². The fraction of sp³-hybridized carbons (Fsp3) is 0.100. The van der Waals surface area contributed by atoms with E-state index in [1.807, 2.05) is 6.92 Å². The molecule has 1 N–H and O–H groups in total. The summed E-state index contributed by atoms with van der Waals surface area (Å²) >= 11 is 5.84. The zero-order valence-electron chi connectivity index (χ0n) is 8.36. The van der Waals surface area contributed by atoms with E-state index in [4.69, 9.17) is 11.6 Å². The van der Waals surface area contributed by atoms with Crippen LogP contribution in [0.15, 0.2) is 27.5 Å². The summed E-state index contributed by atoms with van der Waals surface area (Å²) in [5, 5.41) is 2.86. The topological polar surface area (TPSA) is 67.0 Å². The van der Waals surface area contributed by atoms with Gasteiger partial charge >= 0.3 is 11.3 Å². The van der Waals surface area contributed by atoms with Crippen molar-refractivity contribution in [3.05, 3.63) is 44.9 Å². The molecule has 0 atom stereocenters. The number of hydrogen-bond acceptors (Lipinski definition) is 3. The molecule has 16 heavy (non-hydrogen) atoms. The Kier molecular flexibility index (Phi) is 2.62. The maximum absolute atomic E-state index is 11.2. The van der Waals surface area contributed by atoms with Gasteiger partial charge in [0.15, 0.2) is 0 Å². The van der Waals surface area contributed by atoms with E-state index in [1.54, 1.807) is 18.2 Å². The summed E-state index contributed by atoms with van der Waals surface area (Å²) in [5.41, 5.74) is 0.634. The van der Waals surface area contributed by atoms with Crippen LogP contribution in [0.2, 0.25) is 5.02 Å². The van der Waals surface area contributed by atoms with Gasteiger partial charge in [-0.05, 0) is 22.9 Å². The summed E-state index contributed by atoms with van der Waals surface area (Å²) in [7, 11) is 0. The van der Waals surface area contributed by atoms with Crippen molar-refractivity contribution >= 4 is 17.9 Å². The van der Waals surface area contributed by atoms with Gasteiger partial charge in [0.2, 0.25) is 12.0 Å². The number of carbonyl (C=O) groups is 1. The summed E-state index contributed by atoms with van der Waals surface area (Å²) in [5.74, 6) is 0. The number of aromatic nitrogens is 2. The first-order valence-electron chi connectivity index (χ1n) is 4.48. The average molecular weight is 240 g/mol. The minimum Gasteiger partial charge on any atom is -0.291 e. The van der Waals surface area contributed by atoms with Crippen LogP contribution in [0.5, 0.6) is 0 Å². The number of hydrogen-bond donors (Lipinski definition) is 1. The van der Waals surface area contributed by atoms with Gasteiger partial charge in [0.25, 0.3) is 0 Å². The summed E-state index contributed by atoms with van der Waals surface area (Å²) in [6.45, 7) is 1.83. The van der Waals surface area contributed by atoms with E-state index in [2.05, 4.69) is 9.79 Å². The van der Waals surface area contributed by atoms with E-state index < -0.39 is 5.63 Å². The van der Waals surface area contributed by atoms with Crippen molar-refractivity contribution in [2.24, 2.45) is 0 Å². The van der Waals surface area contributed by atoms with Gasteiger partial charge in [-0.15, -0.1) is 0 Å². The van der Waals surface area contributed by atoms with Gasteiger partial charge in [-0.1, -0.05) is 17.7 Å². The Labute approximate surface area is 95.2 Å². The van der Waals surface area contributed by atoms with Crippen LogP contribution in [-0.2, 0) is 0 Å². The van der Waals surface area contributed by atoms with E-state index in [-0.39, 0.29) is 5.69 Å². The Morgan fingerprint density at radius 2 is 2.25 bits per heavy atom. The summed E-state index contributed by atoms with van der Waals surface area (Å²) in [4.78, 5) is 21.9. The average Bonchev–Trinajstić information content (AvgIpc) is 2.63. The summed E-state index contributed by atoms with van der Waals surface area (Å²) in [6.07, 6.45) is 0.433. The molecule has 0 radical (unpaired) electrons. The number of nitrogens with zero attached hydrogens (tertiary/aromatic N) is 1. The molecule has 0 bridgehead atoms. The van der Waals surface area contributed by atoms with Gasteiger partial charge in [0.1, 0.15) is 0 Å². The van der Waals surface area contributed by atoms with Crippen LogP contribution in [0.3, 0.4) is 0 Å². The number of H-pyrrole nitrogens is 1. The van der Waals surface area contributed by atoms with Crippen molar-refractivity contribution in [1.82, 2.24) is 5.27 Å². The first-order chi connectivity index (χ1) is 7.63. The second kappa shape index (κ2) is 3.94. The summed E-state index contributed by atoms with van der Waals surface area (Å²) in [6, 6.07) is 5.14. The lowest BCUT2D eigenvalue weighted by Gasteiger charge is -1.96. The third-order valence-corrected chi connectivity index (χ3v) is 2.44. The van der Waals surface area contributed by atoms with E-state index in [1.165, 1.54) is 4.68 Å². The van der Waals surface area contributed by atoms with Crippen molar-refractivity contribution in [2.75, 3.05) is 0 Å². The first kappa shape index (κ1) is 10.6. The van der Waals surface area contributed by atoms with Gasteiger partial charge in [-0.2, -0.15) is 0 Å². The molecule has 0 amide bonds. The Balaban J connectivity index is 2.71. The highest BCUT2D eigenvalue weighted by Gasteiger charge is 2.24. The maximum atomic E-state index is 11.2. The number of rotatable bonds is 2. The molecule has 2 aromatic rings. The number of carbonyl (C=O) groups excluding carboxylic acids is 1. The van der Waals surface area contributed by atoms with Crippen molar-refractivity contribution in [1.29, 1.82) is 0 Å². The molecule has 1 aromatic heterocycles. The number of benzene rings is 1. The second-order valence-electron chi connectivity index (χ2n) is 3.25. The number of halogens is 1. The highest BCUT2D eigenvalue weighted by Crippen LogP contribution is 2.14. The molecular formula is C10H8ClN2O3+. The largest absolute Gasteiger partial charge is 0.438 e. The number of aldehydes is 1. The predicted octanol–water partition coefficient (Wildman–Crippen LogP) is 1.02. The van der Waals surface area contributed by atoms with Gasteiger partial charge in [-0.3, -0.25) is 9.32 Å². The van der Waals surface area contributed by atoms with E-state index in [9.17, 15) is 9.59 Å². The molecular weight excluding hydrogens is 232 g/mol. The van der Waals surface area contributed by atoms with Crippen LogP contribution in [0.4, 0.5) is 0 Å². The summed E-state index contributed by atoms with van der Waals surface area (Å²) < 4.78 is 5.80. The molecule has 1 aromatic carbocycles. The van der Waals surface area contributed by atoms with E-state index in [0.29, 0.717) is 17.0 Å². The SMILES string of the molecule is Cc1ccc(Cl)cc1-[n+]1[nH]oc(=O)c1C=O. The van der Waals surface area contributed by atoms with Gasteiger partial charge in [0, 0.05) is 16.7 Å². The Morgan fingerprint density at radius 1 is 1.50 bits per heavy atom. The Hall–Kier alpha value is -1.88. The van der Waals surface area contributed by atoms with Crippen LogP contribution in [0, 0.1) is 6.92 Å². The lowest BCUT2D eigenvalue weighted by Crippen LogP contribution is -2.39. The van der Waals surface area contributed by atoms with E-state index >= 15 is 0 Å². The fourth-order valence-electron chi connectivity index (χ4n) is 1.38. The minimum atomic E-state index is -0.714. The fourth-order valence-corrected chi connectivity index (χ4v) is 1.55. The van der Waals surface area contributed by atoms with Gasteiger partial charge in [0.05, 0.1) is 0 Å². The minimum absolute atomic E-state index is 0.106. The predicted molar refractivity (Wildman–Crippen MR) is 56.0 cm³/mol. The number of nitrogens with one attached hydrogen (secondary N) is 1. The molecule has 0 fully saturated rings. The number of aromatic amines is 1. The second-order valence-corrected chi connectivity index (χ2v) is 3.69. The molecule has 5 nitrogen and oxygen atoms in total. The zero-order chi connectivity index (χ0) is 11.7.